The Hall–Kier alpha value is -4.25. The van der Waals surface area contributed by atoms with Gasteiger partial charge in [-0.15, -0.1) is 0 Å². The van der Waals surface area contributed by atoms with Crippen LogP contribution in [0.15, 0.2) is 54.7 Å². The van der Waals surface area contributed by atoms with Gasteiger partial charge in [-0.05, 0) is 42.5 Å². The second-order valence-electron chi connectivity index (χ2n) is 5.98. The van der Waals surface area contributed by atoms with Crippen molar-refractivity contribution in [2.45, 2.75) is 0 Å². The lowest BCUT2D eigenvalue weighted by Gasteiger charge is -2.11. The molecule has 3 rings (SSSR count). The number of amides is 1. The van der Waals surface area contributed by atoms with Crippen LogP contribution in [0.5, 0.6) is 11.5 Å². The van der Waals surface area contributed by atoms with Gasteiger partial charge in [0.1, 0.15) is 17.6 Å². The van der Waals surface area contributed by atoms with E-state index in [4.69, 9.17) is 15.2 Å². The van der Waals surface area contributed by atoms with Crippen LogP contribution in [-0.2, 0) is 4.74 Å². The summed E-state index contributed by atoms with van der Waals surface area (Å²) in [6, 6.07) is 15.6. The molecule has 0 aliphatic carbocycles. The van der Waals surface area contributed by atoms with Crippen molar-refractivity contribution in [1.29, 1.82) is 5.26 Å². The van der Waals surface area contributed by atoms with E-state index in [0.29, 0.717) is 22.7 Å². The van der Waals surface area contributed by atoms with E-state index in [2.05, 4.69) is 5.32 Å². The quantitative estimate of drug-likeness (QED) is 0.647. The summed E-state index contributed by atoms with van der Waals surface area (Å²) in [6.07, 6.45) is 1.48. The summed E-state index contributed by atoms with van der Waals surface area (Å²) in [5.41, 5.74) is 7.31. The Labute approximate surface area is 167 Å². The van der Waals surface area contributed by atoms with E-state index < -0.39 is 5.97 Å². The van der Waals surface area contributed by atoms with Gasteiger partial charge in [-0.25, -0.2) is 4.79 Å². The molecule has 29 heavy (non-hydrogen) atoms. The zero-order valence-corrected chi connectivity index (χ0v) is 15.8. The van der Waals surface area contributed by atoms with Crippen molar-refractivity contribution in [3.05, 3.63) is 71.5 Å². The van der Waals surface area contributed by atoms with Gasteiger partial charge in [-0.1, -0.05) is 6.07 Å². The minimum absolute atomic E-state index is 0.0608. The number of nitrogens with one attached hydrogen (secondary N) is 1. The highest BCUT2D eigenvalue weighted by atomic mass is 16.5. The number of hydrogen-bond acceptors (Lipinski definition) is 6. The number of nitrogens with zero attached hydrogens (tertiary/aromatic N) is 2. The lowest BCUT2D eigenvalue weighted by atomic mass is 10.2. The van der Waals surface area contributed by atoms with Crippen molar-refractivity contribution in [1.82, 2.24) is 9.88 Å². The number of rotatable bonds is 5. The zero-order valence-electron chi connectivity index (χ0n) is 15.8. The lowest BCUT2D eigenvalue weighted by molar-refractivity contribution is 0.0593. The molecular weight excluding hydrogens is 372 g/mol. The number of nitriles is 1. The highest BCUT2D eigenvalue weighted by Crippen LogP contribution is 2.27. The van der Waals surface area contributed by atoms with Gasteiger partial charge in [0.2, 0.25) is 0 Å². The Kier molecular flexibility index (Phi) is 5.51. The SMILES string of the molecule is CNC(=O)c1cccc(Oc2ccc(-n3cc(C#N)c(N)c3C(=O)OC)cc2)c1. The van der Waals surface area contributed by atoms with Gasteiger partial charge in [0.25, 0.3) is 5.91 Å². The molecule has 0 aliphatic rings. The summed E-state index contributed by atoms with van der Waals surface area (Å²) < 4.78 is 12.1. The standard InChI is InChI=1S/C21H18N4O4/c1-24-20(26)13-4-3-5-17(10-13)29-16-8-6-15(7-9-16)25-12-14(11-22)18(23)19(25)21(27)28-2/h3-10,12H,23H2,1-2H3,(H,24,26). The first-order valence-electron chi connectivity index (χ1n) is 8.58. The van der Waals surface area contributed by atoms with Crippen LogP contribution >= 0.6 is 0 Å². The first-order valence-corrected chi connectivity index (χ1v) is 8.58. The molecular formula is C21H18N4O4. The van der Waals surface area contributed by atoms with E-state index in [9.17, 15) is 14.9 Å². The molecule has 0 aliphatic heterocycles. The summed E-state index contributed by atoms with van der Waals surface area (Å²) in [7, 11) is 2.80. The summed E-state index contributed by atoms with van der Waals surface area (Å²) in [5, 5.41) is 11.8. The van der Waals surface area contributed by atoms with Crippen LogP contribution < -0.4 is 15.8 Å². The number of aromatic nitrogens is 1. The number of methoxy groups -OCH3 is 1. The molecule has 3 N–H and O–H groups in total. The van der Waals surface area contributed by atoms with Gasteiger partial charge in [-0.2, -0.15) is 5.26 Å². The van der Waals surface area contributed by atoms with E-state index in [1.54, 1.807) is 55.6 Å². The van der Waals surface area contributed by atoms with E-state index in [0.717, 1.165) is 0 Å². The largest absolute Gasteiger partial charge is 0.464 e. The lowest BCUT2D eigenvalue weighted by Crippen LogP contribution is -2.17. The first-order chi connectivity index (χ1) is 14.0. The molecule has 0 atom stereocenters. The number of nitrogen functional groups attached to an aromatic ring is 1. The monoisotopic (exact) mass is 390 g/mol. The smallest absolute Gasteiger partial charge is 0.357 e. The number of anilines is 1. The molecule has 0 spiro atoms. The molecule has 2 aromatic carbocycles. The van der Waals surface area contributed by atoms with Gasteiger partial charge in [-0.3, -0.25) is 4.79 Å². The third-order valence-electron chi connectivity index (χ3n) is 4.22. The number of carbonyl (C=O) groups is 2. The van der Waals surface area contributed by atoms with Crippen LogP contribution in [-0.4, -0.2) is 30.6 Å². The molecule has 0 saturated carbocycles. The minimum Gasteiger partial charge on any atom is -0.464 e. The van der Waals surface area contributed by atoms with Crippen molar-refractivity contribution in [3.63, 3.8) is 0 Å². The number of benzene rings is 2. The number of ether oxygens (including phenoxy) is 2. The number of carbonyl (C=O) groups excluding carboxylic acids is 2. The summed E-state index contributed by atoms with van der Waals surface area (Å²) in [5.74, 6) is 0.184. The van der Waals surface area contributed by atoms with Crippen LogP contribution in [0, 0.1) is 11.3 Å². The maximum Gasteiger partial charge on any atom is 0.357 e. The second kappa shape index (κ2) is 8.19. The van der Waals surface area contributed by atoms with Crippen molar-refractivity contribution < 1.29 is 19.1 Å². The van der Waals surface area contributed by atoms with E-state index in [1.807, 2.05) is 6.07 Å². The maximum absolute atomic E-state index is 12.1. The Morgan fingerprint density at radius 1 is 1.14 bits per heavy atom. The average Bonchev–Trinajstić information content (AvgIpc) is 3.09. The topological polar surface area (TPSA) is 119 Å². The van der Waals surface area contributed by atoms with Gasteiger partial charge in [0.05, 0.1) is 18.4 Å². The Bertz CT molecular complexity index is 1110. The highest BCUT2D eigenvalue weighted by molar-refractivity contribution is 5.96. The van der Waals surface area contributed by atoms with Crippen LogP contribution in [0.3, 0.4) is 0 Å². The predicted molar refractivity (Wildman–Crippen MR) is 106 cm³/mol. The minimum atomic E-state index is -0.643. The number of esters is 1. The maximum atomic E-state index is 12.1. The Balaban J connectivity index is 1.89. The van der Waals surface area contributed by atoms with Crippen molar-refractivity contribution in [3.8, 4) is 23.3 Å². The van der Waals surface area contributed by atoms with Crippen LogP contribution in [0.1, 0.15) is 26.4 Å². The van der Waals surface area contributed by atoms with Crippen LogP contribution in [0.2, 0.25) is 0 Å². The van der Waals surface area contributed by atoms with E-state index in [1.165, 1.54) is 17.9 Å². The molecule has 0 bridgehead atoms. The molecule has 146 valence electrons. The predicted octanol–water partition coefficient (Wildman–Crippen LogP) is 2.87. The molecule has 3 aromatic rings. The normalized spacial score (nSPS) is 10.1. The fourth-order valence-electron chi connectivity index (χ4n) is 2.77. The van der Waals surface area contributed by atoms with Gasteiger partial charge < -0.3 is 25.1 Å². The van der Waals surface area contributed by atoms with Gasteiger partial charge in [0, 0.05) is 24.5 Å². The molecule has 8 nitrogen and oxygen atoms in total. The molecule has 1 aromatic heterocycles. The molecule has 0 saturated heterocycles. The molecule has 1 amide bonds. The number of hydrogen-bond donors (Lipinski definition) is 2. The van der Waals surface area contributed by atoms with Crippen LogP contribution in [0.4, 0.5) is 5.69 Å². The zero-order chi connectivity index (χ0) is 21.0. The van der Waals surface area contributed by atoms with Gasteiger partial charge >= 0.3 is 5.97 Å². The molecule has 0 fully saturated rings. The molecule has 8 heteroatoms. The van der Waals surface area contributed by atoms with E-state index in [-0.39, 0.29) is 22.9 Å². The summed E-state index contributed by atoms with van der Waals surface area (Å²) in [4.78, 5) is 23.8. The second-order valence-corrected chi connectivity index (χ2v) is 5.98. The molecule has 0 unspecified atom stereocenters. The third-order valence-corrected chi connectivity index (χ3v) is 4.22. The highest BCUT2D eigenvalue weighted by Gasteiger charge is 2.21. The number of nitrogens with two attached hydrogens (primary N) is 1. The van der Waals surface area contributed by atoms with Crippen LogP contribution in [0.25, 0.3) is 5.69 Å². The van der Waals surface area contributed by atoms with Crippen molar-refractivity contribution in [2.24, 2.45) is 0 Å². The third kappa shape index (κ3) is 3.89. The summed E-state index contributed by atoms with van der Waals surface area (Å²) >= 11 is 0. The fraction of sp³-hybridized carbons (Fsp3) is 0.0952. The average molecular weight is 390 g/mol. The van der Waals surface area contributed by atoms with Crippen molar-refractivity contribution >= 4 is 17.6 Å². The summed E-state index contributed by atoms with van der Waals surface area (Å²) in [6.45, 7) is 0. The molecule has 0 radical (unpaired) electrons. The molecule has 1 heterocycles. The fourth-order valence-corrected chi connectivity index (χ4v) is 2.77. The van der Waals surface area contributed by atoms with Crippen molar-refractivity contribution in [2.75, 3.05) is 19.9 Å². The van der Waals surface area contributed by atoms with E-state index >= 15 is 0 Å². The Morgan fingerprint density at radius 3 is 2.48 bits per heavy atom. The Morgan fingerprint density at radius 2 is 1.86 bits per heavy atom. The van der Waals surface area contributed by atoms with Gasteiger partial charge in [0.15, 0.2) is 5.69 Å². The first kappa shape index (κ1) is 19.5.